The second-order valence-corrected chi connectivity index (χ2v) is 9.92. The normalized spacial score (nSPS) is 11.0. The van der Waals surface area contributed by atoms with Gasteiger partial charge in [0.2, 0.25) is 0 Å². The molecule has 0 radical (unpaired) electrons. The topological polar surface area (TPSA) is 78.2 Å². The van der Waals surface area contributed by atoms with Crippen LogP contribution in [0, 0.1) is 6.92 Å². The van der Waals surface area contributed by atoms with Crippen LogP contribution in [-0.2, 0) is 6.54 Å². The summed E-state index contributed by atoms with van der Waals surface area (Å²) in [5, 5.41) is 3.95. The van der Waals surface area contributed by atoms with Crippen molar-refractivity contribution in [1.82, 2.24) is 14.3 Å². The number of carbonyl (C=O) groups is 1. The van der Waals surface area contributed by atoms with E-state index in [9.17, 15) is 9.59 Å². The summed E-state index contributed by atoms with van der Waals surface area (Å²) in [7, 11) is 1.64. The smallest absolute Gasteiger partial charge is 0.284 e. The van der Waals surface area contributed by atoms with Crippen LogP contribution in [0.4, 0.5) is 5.69 Å². The van der Waals surface area contributed by atoms with Gasteiger partial charge in [-0.3, -0.25) is 19.3 Å². The molecule has 38 heavy (non-hydrogen) atoms. The summed E-state index contributed by atoms with van der Waals surface area (Å²) in [5.41, 5.74) is 2.69. The van der Waals surface area contributed by atoms with Gasteiger partial charge in [0.1, 0.15) is 11.3 Å². The van der Waals surface area contributed by atoms with Gasteiger partial charge in [-0.15, -0.1) is 0 Å². The van der Waals surface area contributed by atoms with E-state index in [2.05, 4.69) is 10.3 Å². The number of nitrogens with zero attached hydrogens (tertiary/aromatic N) is 3. The summed E-state index contributed by atoms with van der Waals surface area (Å²) in [6, 6.07) is 24.8. The van der Waals surface area contributed by atoms with Gasteiger partial charge in [-0.1, -0.05) is 36.9 Å². The van der Waals surface area contributed by atoms with Gasteiger partial charge < -0.3 is 10.1 Å². The number of anilines is 1. The third-order valence-electron chi connectivity index (χ3n) is 6.31. The van der Waals surface area contributed by atoms with Crippen molar-refractivity contribution in [1.29, 1.82) is 0 Å². The number of hydrogen-bond donors (Lipinski definition) is 1. The minimum Gasteiger partial charge on any atom is -0.497 e. The van der Waals surface area contributed by atoms with Crippen LogP contribution < -0.4 is 15.6 Å². The van der Waals surface area contributed by atoms with Crippen LogP contribution in [0.3, 0.4) is 0 Å². The lowest BCUT2D eigenvalue weighted by molar-refractivity contribution is 0.102. The van der Waals surface area contributed by atoms with Crippen molar-refractivity contribution >= 4 is 34.3 Å². The number of methoxy groups -OCH3 is 1. The average molecular weight is 525 g/mol. The van der Waals surface area contributed by atoms with Gasteiger partial charge >= 0.3 is 0 Å². The van der Waals surface area contributed by atoms with E-state index in [0.29, 0.717) is 17.9 Å². The Morgan fingerprint density at radius 3 is 2.50 bits per heavy atom. The van der Waals surface area contributed by atoms with Gasteiger partial charge in [-0.25, -0.2) is 4.68 Å². The summed E-state index contributed by atoms with van der Waals surface area (Å²) in [6.45, 7) is 4.50. The second kappa shape index (κ2) is 11.0. The Morgan fingerprint density at radius 2 is 1.79 bits per heavy atom. The summed E-state index contributed by atoms with van der Waals surface area (Å²) in [4.78, 5) is 33.2. The lowest BCUT2D eigenvalue weighted by atomic mass is 10.2. The Kier molecular flexibility index (Phi) is 7.33. The number of para-hydroxylation sites is 1. The summed E-state index contributed by atoms with van der Waals surface area (Å²) in [5.74, 6) is 0.351. The van der Waals surface area contributed by atoms with Crippen molar-refractivity contribution in [3.63, 3.8) is 0 Å². The fourth-order valence-electron chi connectivity index (χ4n) is 4.46. The second-order valence-electron chi connectivity index (χ2n) is 8.81. The molecule has 0 aliphatic carbocycles. The molecule has 1 N–H and O–H groups in total. The van der Waals surface area contributed by atoms with Gasteiger partial charge in [-0.2, -0.15) is 0 Å². The number of aromatic nitrogens is 3. The molecule has 0 aliphatic rings. The molecule has 7 nitrogen and oxygen atoms in total. The molecule has 0 spiro atoms. The fourth-order valence-corrected chi connectivity index (χ4v) is 5.40. The zero-order chi connectivity index (χ0) is 26.6. The molecule has 5 aromatic rings. The lowest BCUT2D eigenvalue weighted by Crippen LogP contribution is -2.25. The van der Waals surface area contributed by atoms with Crippen molar-refractivity contribution in [3.05, 3.63) is 107 Å². The van der Waals surface area contributed by atoms with Crippen LogP contribution in [0.25, 0.3) is 16.6 Å². The number of nitrogens with one attached hydrogen (secondary N) is 1. The molecule has 0 saturated heterocycles. The molecule has 0 atom stereocenters. The van der Waals surface area contributed by atoms with E-state index in [-0.39, 0.29) is 11.1 Å². The number of amides is 1. The first-order valence-electron chi connectivity index (χ1n) is 12.4. The molecule has 5 rings (SSSR count). The number of rotatable bonds is 8. The summed E-state index contributed by atoms with van der Waals surface area (Å²) < 4.78 is 8.77. The van der Waals surface area contributed by atoms with Gasteiger partial charge in [0, 0.05) is 39.7 Å². The number of carbonyl (C=O) groups excluding carboxylic acids is 1. The highest BCUT2D eigenvalue weighted by molar-refractivity contribution is 7.99. The molecule has 0 unspecified atom stereocenters. The maximum absolute atomic E-state index is 13.4. The van der Waals surface area contributed by atoms with E-state index in [1.54, 1.807) is 29.8 Å². The van der Waals surface area contributed by atoms with E-state index in [0.717, 1.165) is 38.6 Å². The van der Waals surface area contributed by atoms with E-state index in [4.69, 9.17) is 4.74 Å². The average Bonchev–Trinajstić information content (AvgIpc) is 3.19. The van der Waals surface area contributed by atoms with E-state index < -0.39 is 5.91 Å². The number of fused-ring (bicyclic) bond motifs is 1. The van der Waals surface area contributed by atoms with Crippen LogP contribution in [0.5, 0.6) is 5.75 Å². The molecular weight excluding hydrogens is 496 g/mol. The highest BCUT2D eigenvalue weighted by Crippen LogP contribution is 2.34. The quantitative estimate of drug-likeness (QED) is 0.257. The first kappa shape index (κ1) is 25.4. The van der Waals surface area contributed by atoms with Crippen LogP contribution in [-0.4, -0.2) is 27.4 Å². The molecule has 1 amide bonds. The number of ether oxygens (including phenoxy) is 1. The Labute approximate surface area is 225 Å². The lowest BCUT2D eigenvalue weighted by Gasteiger charge is -2.12. The molecule has 0 saturated carbocycles. The zero-order valence-corrected chi connectivity index (χ0v) is 22.3. The highest BCUT2D eigenvalue weighted by atomic mass is 32.2. The molecule has 2 heterocycles. The monoisotopic (exact) mass is 524 g/mol. The highest BCUT2D eigenvalue weighted by Gasteiger charge is 2.23. The number of pyridine rings is 1. The maximum atomic E-state index is 13.4. The van der Waals surface area contributed by atoms with Crippen LogP contribution in [0.15, 0.2) is 99.6 Å². The minimum atomic E-state index is -0.415. The van der Waals surface area contributed by atoms with Gasteiger partial charge in [0.05, 0.1) is 24.0 Å². The molecule has 0 aliphatic heterocycles. The zero-order valence-electron chi connectivity index (χ0n) is 21.5. The largest absolute Gasteiger partial charge is 0.497 e. The van der Waals surface area contributed by atoms with Crippen molar-refractivity contribution in [2.45, 2.75) is 36.6 Å². The molecule has 3 aromatic carbocycles. The fraction of sp³-hybridized carbons (Fsp3) is 0.167. The van der Waals surface area contributed by atoms with Crippen molar-refractivity contribution < 1.29 is 9.53 Å². The van der Waals surface area contributed by atoms with E-state index in [1.165, 1.54) is 0 Å². The SMILES string of the molecule is CCCn1c(C)c(C(=O)Nc2ccc(Sc3ccnc4cc(OC)ccc34)cc2)c(=O)n1-c1ccccc1. The van der Waals surface area contributed by atoms with Crippen LogP contribution in [0.1, 0.15) is 29.4 Å². The molecule has 0 bridgehead atoms. The number of hydrogen-bond acceptors (Lipinski definition) is 5. The van der Waals surface area contributed by atoms with Crippen molar-refractivity contribution in [2.75, 3.05) is 12.4 Å². The Bertz CT molecular complexity index is 1660. The predicted octanol–water partition coefficient (Wildman–Crippen LogP) is 6.32. The molecule has 0 fully saturated rings. The van der Waals surface area contributed by atoms with Crippen molar-refractivity contribution in [2.24, 2.45) is 0 Å². The Hall–Kier alpha value is -4.30. The Balaban J connectivity index is 1.38. The third-order valence-corrected chi connectivity index (χ3v) is 7.39. The molecular formula is C30H28N4O3S. The minimum absolute atomic E-state index is 0.152. The summed E-state index contributed by atoms with van der Waals surface area (Å²) >= 11 is 1.62. The molecule has 192 valence electrons. The summed E-state index contributed by atoms with van der Waals surface area (Å²) in [6.07, 6.45) is 2.62. The first-order valence-corrected chi connectivity index (χ1v) is 13.2. The predicted molar refractivity (Wildman–Crippen MR) is 152 cm³/mol. The van der Waals surface area contributed by atoms with E-state index in [1.807, 2.05) is 97.4 Å². The van der Waals surface area contributed by atoms with Crippen LogP contribution >= 0.6 is 11.8 Å². The maximum Gasteiger partial charge on any atom is 0.284 e. The number of benzene rings is 3. The van der Waals surface area contributed by atoms with Gasteiger partial charge in [0.15, 0.2) is 0 Å². The van der Waals surface area contributed by atoms with E-state index >= 15 is 0 Å². The third kappa shape index (κ3) is 4.95. The molecule has 2 aromatic heterocycles. The van der Waals surface area contributed by atoms with Gasteiger partial charge in [-0.05, 0) is 67.9 Å². The van der Waals surface area contributed by atoms with Gasteiger partial charge in [0.25, 0.3) is 11.5 Å². The molecule has 8 heteroatoms. The van der Waals surface area contributed by atoms with Crippen LogP contribution in [0.2, 0.25) is 0 Å². The standard InChI is InChI=1S/C30H28N4O3S/c1-4-18-33-20(2)28(30(36)34(33)22-8-6-5-7-9-22)29(35)32-21-10-13-24(14-11-21)38-27-16-17-31-26-19-23(37-3)12-15-25(26)27/h5-17,19H,4,18H2,1-3H3,(H,32,35). The van der Waals surface area contributed by atoms with Crippen molar-refractivity contribution in [3.8, 4) is 11.4 Å². The first-order chi connectivity index (χ1) is 18.5. The Morgan fingerprint density at radius 1 is 1.03 bits per heavy atom.